The first-order valence-electron chi connectivity index (χ1n) is 5.97. The van der Waals surface area contributed by atoms with Crippen LogP contribution in [0.15, 0.2) is 35.0 Å². The van der Waals surface area contributed by atoms with Crippen molar-refractivity contribution < 1.29 is 0 Å². The molecule has 1 heterocycles. The van der Waals surface area contributed by atoms with E-state index in [4.69, 9.17) is 0 Å². The topological polar surface area (TPSA) is 12.0 Å². The minimum atomic E-state index is 0.418. The Kier molecular flexibility index (Phi) is 3.97. The maximum atomic E-state index is 3.41. The van der Waals surface area contributed by atoms with Gasteiger partial charge >= 0.3 is 0 Å². The standard InChI is InChI=1S/C15H19NS/c1-11-5-4-6-12(2)14(11)9-15(16-3)13-7-8-17-10-13/h4-8,10,15-16H,9H2,1-3H3. The minimum absolute atomic E-state index is 0.418. The number of nitrogens with one attached hydrogen (secondary N) is 1. The van der Waals surface area contributed by atoms with Gasteiger partial charge in [0, 0.05) is 6.04 Å². The smallest absolute Gasteiger partial charge is 0.0366 e. The average Bonchev–Trinajstić information content (AvgIpc) is 2.82. The molecule has 0 amide bonds. The van der Waals surface area contributed by atoms with Gasteiger partial charge in [-0.2, -0.15) is 11.3 Å². The van der Waals surface area contributed by atoms with Crippen LogP contribution in [0.5, 0.6) is 0 Å². The zero-order chi connectivity index (χ0) is 12.3. The molecular weight excluding hydrogens is 226 g/mol. The van der Waals surface area contributed by atoms with Crippen molar-refractivity contribution in [3.63, 3.8) is 0 Å². The van der Waals surface area contributed by atoms with Gasteiger partial charge < -0.3 is 5.32 Å². The maximum absolute atomic E-state index is 3.41. The Morgan fingerprint density at radius 2 is 1.88 bits per heavy atom. The molecule has 2 heteroatoms. The van der Waals surface area contributed by atoms with Crippen molar-refractivity contribution in [2.45, 2.75) is 26.3 Å². The highest BCUT2D eigenvalue weighted by Crippen LogP contribution is 2.24. The predicted octanol–water partition coefficient (Wildman–Crippen LogP) is 3.87. The van der Waals surface area contributed by atoms with Crippen molar-refractivity contribution in [3.8, 4) is 0 Å². The Morgan fingerprint density at radius 1 is 1.18 bits per heavy atom. The van der Waals surface area contributed by atoms with E-state index in [0.29, 0.717) is 6.04 Å². The monoisotopic (exact) mass is 245 g/mol. The van der Waals surface area contributed by atoms with Gasteiger partial charge in [0.2, 0.25) is 0 Å². The third-order valence-corrected chi connectivity index (χ3v) is 4.05. The SMILES string of the molecule is CNC(Cc1c(C)cccc1C)c1ccsc1. The van der Waals surface area contributed by atoms with E-state index in [1.165, 1.54) is 22.3 Å². The molecule has 2 rings (SSSR count). The van der Waals surface area contributed by atoms with Gasteiger partial charge in [0.25, 0.3) is 0 Å². The van der Waals surface area contributed by atoms with Crippen LogP contribution in [-0.2, 0) is 6.42 Å². The van der Waals surface area contributed by atoms with E-state index in [1.54, 1.807) is 11.3 Å². The highest BCUT2D eigenvalue weighted by atomic mass is 32.1. The number of thiophene rings is 1. The molecule has 0 radical (unpaired) electrons. The fraction of sp³-hybridized carbons (Fsp3) is 0.333. The quantitative estimate of drug-likeness (QED) is 0.862. The zero-order valence-corrected chi connectivity index (χ0v) is 11.5. The summed E-state index contributed by atoms with van der Waals surface area (Å²) in [6, 6.07) is 9.15. The summed E-state index contributed by atoms with van der Waals surface area (Å²) in [5.41, 5.74) is 5.64. The molecule has 1 atom stereocenters. The molecule has 0 saturated heterocycles. The van der Waals surface area contributed by atoms with E-state index in [0.717, 1.165) is 6.42 Å². The molecule has 90 valence electrons. The summed E-state index contributed by atoms with van der Waals surface area (Å²) in [4.78, 5) is 0. The lowest BCUT2D eigenvalue weighted by molar-refractivity contribution is 0.591. The lowest BCUT2D eigenvalue weighted by Gasteiger charge is -2.18. The first-order valence-corrected chi connectivity index (χ1v) is 6.91. The van der Waals surface area contributed by atoms with Crippen molar-refractivity contribution in [3.05, 3.63) is 57.3 Å². The van der Waals surface area contributed by atoms with Gasteiger partial charge in [0.15, 0.2) is 0 Å². The molecule has 2 aromatic rings. The van der Waals surface area contributed by atoms with Gasteiger partial charge in [-0.05, 0) is 66.4 Å². The Hall–Kier alpha value is -1.12. The zero-order valence-electron chi connectivity index (χ0n) is 10.7. The van der Waals surface area contributed by atoms with Crippen molar-refractivity contribution in [1.82, 2.24) is 5.32 Å². The van der Waals surface area contributed by atoms with Gasteiger partial charge in [0.1, 0.15) is 0 Å². The van der Waals surface area contributed by atoms with Crippen LogP contribution in [0.1, 0.15) is 28.3 Å². The number of hydrogen-bond donors (Lipinski definition) is 1. The maximum Gasteiger partial charge on any atom is 0.0366 e. The van der Waals surface area contributed by atoms with Crippen LogP contribution in [0.2, 0.25) is 0 Å². The van der Waals surface area contributed by atoms with Gasteiger partial charge in [-0.3, -0.25) is 0 Å². The Labute approximate surface area is 108 Å². The Balaban J connectivity index is 2.25. The second-order valence-electron chi connectivity index (χ2n) is 4.47. The van der Waals surface area contributed by atoms with E-state index in [1.807, 2.05) is 7.05 Å². The Morgan fingerprint density at radius 3 is 2.41 bits per heavy atom. The minimum Gasteiger partial charge on any atom is -0.313 e. The lowest BCUT2D eigenvalue weighted by Crippen LogP contribution is -2.19. The molecular formula is C15H19NS. The molecule has 0 spiro atoms. The van der Waals surface area contributed by atoms with Crippen LogP contribution in [0.3, 0.4) is 0 Å². The van der Waals surface area contributed by atoms with E-state index in [2.05, 4.69) is 54.2 Å². The summed E-state index contributed by atoms with van der Waals surface area (Å²) < 4.78 is 0. The molecule has 0 aliphatic carbocycles. The van der Waals surface area contributed by atoms with Crippen LogP contribution in [-0.4, -0.2) is 7.05 Å². The molecule has 0 aliphatic heterocycles. The van der Waals surface area contributed by atoms with E-state index in [9.17, 15) is 0 Å². The largest absolute Gasteiger partial charge is 0.313 e. The molecule has 1 nitrogen and oxygen atoms in total. The molecule has 0 aliphatic rings. The summed E-state index contributed by atoms with van der Waals surface area (Å²) in [7, 11) is 2.04. The van der Waals surface area contributed by atoms with Crippen molar-refractivity contribution >= 4 is 11.3 Å². The van der Waals surface area contributed by atoms with Crippen LogP contribution in [0, 0.1) is 13.8 Å². The number of aryl methyl sites for hydroxylation is 2. The van der Waals surface area contributed by atoms with Gasteiger partial charge in [-0.1, -0.05) is 18.2 Å². The lowest BCUT2D eigenvalue weighted by atomic mass is 9.94. The second-order valence-corrected chi connectivity index (χ2v) is 5.25. The van der Waals surface area contributed by atoms with Gasteiger partial charge in [0.05, 0.1) is 0 Å². The molecule has 1 unspecified atom stereocenters. The van der Waals surface area contributed by atoms with Gasteiger partial charge in [-0.15, -0.1) is 0 Å². The number of likely N-dealkylation sites (N-methyl/N-ethyl adjacent to an activating group) is 1. The first-order chi connectivity index (χ1) is 8.22. The fourth-order valence-corrected chi connectivity index (χ4v) is 2.95. The van der Waals surface area contributed by atoms with E-state index >= 15 is 0 Å². The predicted molar refractivity (Wildman–Crippen MR) is 75.7 cm³/mol. The third-order valence-electron chi connectivity index (χ3n) is 3.35. The summed E-state index contributed by atoms with van der Waals surface area (Å²) in [5.74, 6) is 0. The normalized spacial score (nSPS) is 12.6. The summed E-state index contributed by atoms with van der Waals surface area (Å²) in [6.45, 7) is 4.39. The van der Waals surface area contributed by atoms with Crippen LogP contribution in [0.4, 0.5) is 0 Å². The first kappa shape index (κ1) is 12.3. The highest BCUT2D eigenvalue weighted by molar-refractivity contribution is 7.07. The fourth-order valence-electron chi connectivity index (χ4n) is 2.23. The van der Waals surface area contributed by atoms with Crippen molar-refractivity contribution in [2.75, 3.05) is 7.05 Å². The van der Waals surface area contributed by atoms with Crippen LogP contribution in [0.25, 0.3) is 0 Å². The summed E-state index contributed by atoms with van der Waals surface area (Å²) in [5, 5.41) is 7.79. The molecule has 0 fully saturated rings. The van der Waals surface area contributed by atoms with E-state index in [-0.39, 0.29) is 0 Å². The summed E-state index contributed by atoms with van der Waals surface area (Å²) in [6.07, 6.45) is 1.06. The van der Waals surface area contributed by atoms with Crippen molar-refractivity contribution in [1.29, 1.82) is 0 Å². The van der Waals surface area contributed by atoms with Crippen LogP contribution < -0.4 is 5.32 Å². The number of hydrogen-bond acceptors (Lipinski definition) is 2. The molecule has 1 N–H and O–H groups in total. The second kappa shape index (κ2) is 5.48. The van der Waals surface area contributed by atoms with Crippen molar-refractivity contribution in [2.24, 2.45) is 0 Å². The summed E-state index contributed by atoms with van der Waals surface area (Å²) >= 11 is 1.76. The Bertz CT molecular complexity index is 453. The molecule has 0 bridgehead atoms. The number of benzene rings is 1. The highest BCUT2D eigenvalue weighted by Gasteiger charge is 2.13. The number of rotatable bonds is 4. The van der Waals surface area contributed by atoms with E-state index < -0.39 is 0 Å². The van der Waals surface area contributed by atoms with Crippen LogP contribution >= 0.6 is 11.3 Å². The molecule has 0 saturated carbocycles. The molecule has 17 heavy (non-hydrogen) atoms. The third kappa shape index (κ3) is 2.76. The average molecular weight is 245 g/mol. The van der Waals surface area contributed by atoms with Gasteiger partial charge in [-0.25, -0.2) is 0 Å². The molecule has 1 aromatic heterocycles. The molecule has 1 aromatic carbocycles.